The highest BCUT2D eigenvalue weighted by molar-refractivity contribution is 6.13. The van der Waals surface area contributed by atoms with Crippen molar-refractivity contribution in [2.75, 3.05) is 30.4 Å². The van der Waals surface area contributed by atoms with Gasteiger partial charge in [0.05, 0.1) is 12.7 Å². The molecule has 5 rings (SSSR count). The predicted octanol–water partition coefficient (Wildman–Crippen LogP) is 2.36. The summed E-state index contributed by atoms with van der Waals surface area (Å²) >= 11 is 0. The van der Waals surface area contributed by atoms with E-state index >= 15 is 0 Å². The molecule has 3 aromatic heterocycles. The average molecular weight is 447 g/mol. The third-order valence-corrected chi connectivity index (χ3v) is 5.75. The largest absolute Gasteiger partial charge is 0.494 e. The number of piperazine rings is 1. The van der Waals surface area contributed by atoms with E-state index in [4.69, 9.17) is 4.74 Å². The van der Waals surface area contributed by atoms with Crippen LogP contribution in [0.25, 0.3) is 21.9 Å². The van der Waals surface area contributed by atoms with Crippen molar-refractivity contribution in [2.24, 2.45) is 7.05 Å². The molecule has 0 unspecified atom stereocenters. The van der Waals surface area contributed by atoms with Crippen LogP contribution in [0.3, 0.4) is 0 Å². The first-order chi connectivity index (χ1) is 15.9. The summed E-state index contributed by atoms with van der Waals surface area (Å²) in [5.41, 5.74) is 2.84. The molecule has 4 aromatic rings. The van der Waals surface area contributed by atoms with Crippen molar-refractivity contribution in [3.63, 3.8) is 0 Å². The van der Waals surface area contributed by atoms with Gasteiger partial charge in [0.15, 0.2) is 5.82 Å². The van der Waals surface area contributed by atoms with Crippen molar-refractivity contribution in [2.45, 2.75) is 25.9 Å². The normalized spacial score (nSPS) is 18.6. The van der Waals surface area contributed by atoms with Gasteiger partial charge in [0, 0.05) is 74.1 Å². The standard InChI is InChI=1S/C23H26N8O2/c1-13-10-31(11-14(2)27-13)22-21-20(24-5-6-25-21)17(9-26-22)23(32)28-16-7-15-12-30(3)29-19(15)18(8-16)33-4/h5-9,12-14,27H,10-11H2,1-4H3,(H,28,32)/t13-,14-/m1/s1. The molecule has 10 heteroatoms. The first kappa shape index (κ1) is 21.1. The van der Waals surface area contributed by atoms with Gasteiger partial charge in [-0.1, -0.05) is 0 Å². The van der Waals surface area contributed by atoms with Gasteiger partial charge < -0.3 is 20.3 Å². The number of carbonyl (C=O) groups excluding carboxylic acids is 1. The van der Waals surface area contributed by atoms with Crippen LogP contribution in [0, 0.1) is 0 Å². The molecule has 0 spiro atoms. The molecule has 2 atom stereocenters. The predicted molar refractivity (Wildman–Crippen MR) is 127 cm³/mol. The first-order valence-corrected chi connectivity index (χ1v) is 10.9. The van der Waals surface area contributed by atoms with Crippen molar-refractivity contribution in [1.29, 1.82) is 0 Å². The lowest BCUT2D eigenvalue weighted by atomic mass is 10.1. The highest BCUT2D eigenvalue weighted by atomic mass is 16.5. The molecular formula is C23H26N8O2. The van der Waals surface area contributed by atoms with E-state index in [-0.39, 0.29) is 5.91 Å². The third kappa shape index (κ3) is 3.93. The Balaban J connectivity index is 1.50. The molecule has 170 valence electrons. The second-order valence-corrected chi connectivity index (χ2v) is 8.50. The van der Waals surface area contributed by atoms with Crippen molar-refractivity contribution in [3.8, 4) is 5.75 Å². The minimum atomic E-state index is -0.313. The van der Waals surface area contributed by atoms with E-state index in [1.54, 1.807) is 36.4 Å². The van der Waals surface area contributed by atoms with E-state index < -0.39 is 0 Å². The van der Waals surface area contributed by atoms with Gasteiger partial charge in [-0.2, -0.15) is 5.10 Å². The number of anilines is 2. The number of nitrogens with zero attached hydrogens (tertiary/aromatic N) is 6. The Labute approximate surface area is 191 Å². The Morgan fingerprint density at radius 1 is 1.09 bits per heavy atom. The maximum absolute atomic E-state index is 13.3. The average Bonchev–Trinajstić information content (AvgIpc) is 3.17. The van der Waals surface area contributed by atoms with Gasteiger partial charge in [0.25, 0.3) is 5.91 Å². The summed E-state index contributed by atoms with van der Waals surface area (Å²) in [5, 5.41) is 11.8. The number of pyridine rings is 1. The van der Waals surface area contributed by atoms with Crippen molar-refractivity contribution >= 4 is 39.3 Å². The topological polar surface area (TPSA) is 110 Å². The number of nitrogens with one attached hydrogen (secondary N) is 2. The lowest BCUT2D eigenvalue weighted by Crippen LogP contribution is -2.54. The molecule has 1 aliphatic rings. The second kappa shape index (κ2) is 8.28. The SMILES string of the molecule is COc1cc(NC(=O)c2cnc(N3C[C@@H](C)N[C@H](C)C3)c3nccnc23)cc2cn(C)nc12. The van der Waals surface area contributed by atoms with Crippen LogP contribution in [0.1, 0.15) is 24.2 Å². The van der Waals surface area contributed by atoms with Crippen LogP contribution in [-0.4, -0.2) is 62.9 Å². The van der Waals surface area contributed by atoms with Crippen LogP contribution < -0.4 is 20.3 Å². The number of fused-ring (bicyclic) bond motifs is 2. The summed E-state index contributed by atoms with van der Waals surface area (Å²) in [4.78, 5) is 29.1. The van der Waals surface area contributed by atoms with Gasteiger partial charge in [0.1, 0.15) is 22.3 Å². The zero-order valence-electron chi connectivity index (χ0n) is 19.0. The third-order valence-electron chi connectivity index (χ3n) is 5.75. The van der Waals surface area contributed by atoms with Gasteiger partial charge in [-0.25, -0.2) is 9.97 Å². The highest BCUT2D eigenvalue weighted by Crippen LogP contribution is 2.30. The number of carbonyl (C=O) groups is 1. The molecule has 1 saturated heterocycles. The fraction of sp³-hybridized carbons (Fsp3) is 0.348. The lowest BCUT2D eigenvalue weighted by Gasteiger charge is -2.37. The lowest BCUT2D eigenvalue weighted by molar-refractivity contribution is 0.102. The van der Waals surface area contributed by atoms with Crippen molar-refractivity contribution < 1.29 is 9.53 Å². The van der Waals surface area contributed by atoms with Crippen molar-refractivity contribution in [1.82, 2.24) is 30.0 Å². The smallest absolute Gasteiger partial charge is 0.259 e. The maximum Gasteiger partial charge on any atom is 0.259 e. The number of rotatable bonds is 4. The molecular weight excluding hydrogens is 420 g/mol. The van der Waals surface area contributed by atoms with Crippen LogP contribution in [-0.2, 0) is 7.05 Å². The number of aromatic nitrogens is 5. The maximum atomic E-state index is 13.3. The molecule has 33 heavy (non-hydrogen) atoms. The minimum absolute atomic E-state index is 0.313. The molecule has 0 radical (unpaired) electrons. The zero-order chi connectivity index (χ0) is 23.1. The number of ether oxygens (including phenoxy) is 1. The summed E-state index contributed by atoms with van der Waals surface area (Å²) in [6.07, 6.45) is 6.68. The Morgan fingerprint density at radius 3 is 2.55 bits per heavy atom. The number of amides is 1. The fourth-order valence-corrected chi connectivity index (χ4v) is 4.49. The Bertz CT molecular complexity index is 1340. The number of methoxy groups -OCH3 is 1. The summed E-state index contributed by atoms with van der Waals surface area (Å²) in [6.45, 7) is 5.90. The molecule has 1 aliphatic heterocycles. The fourth-order valence-electron chi connectivity index (χ4n) is 4.49. The van der Waals surface area contributed by atoms with E-state index in [9.17, 15) is 4.79 Å². The van der Waals surface area contributed by atoms with E-state index in [2.05, 4.69) is 49.4 Å². The van der Waals surface area contributed by atoms with Crippen LogP contribution in [0.2, 0.25) is 0 Å². The Kier molecular flexibility index (Phi) is 5.29. The molecule has 1 fully saturated rings. The van der Waals surface area contributed by atoms with Gasteiger partial charge in [-0.15, -0.1) is 0 Å². The minimum Gasteiger partial charge on any atom is -0.494 e. The molecule has 10 nitrogen and oxygen atoms in total. The van der Waals surface area contributed by atoms with Crippen LogP contribution in [0.15, 0.2) is 36.9 Å². The Morgan fingerprint density at radius 2 is 1.82 bits per heavy atom. The number of hydrogen-bond acceptors (Lipinski definition) is 8. The number of hydrogen-bond donors (Lipinski definition) is 2. The molecule has 2 N–H and O–H groups in total. The summed E-state index contributed by atoms with van der Waals surface area (Å²) in [5.74, 6) is 1.02. The van der Waals surface area contributed by atoms with Crippen LogP contribution in [0.5, 0.6) is 5.75 Å². The van der Waals surface area contributed by atoms with E-state index in [1.165, 1.54) is 0 Å². The van der Waals surface area contributed by atoms with Gasteiger partial charge in [-0.05, 0) is 19.9 Å². The molecule has 0 aliphatic carbocycles. The van der Waals surface area contributed by atoms with Gasteiger partial charge >= 0.3 is 0 Å². The van der Waals surface area contributed by atoms with Gasteiger partial charge in [0.2, 0.25) is 0 Å². The quantitative estimate of drug-likeness (QED) is 0.492. The first-order valence-electron chi connectivity index (χ1n) is 10.9. The molecule has 0 saturated carbocycles. The van der Waals surface area contributed by atoms with E-state index in [0.717, 1.165) is 29.8 Å². The van der Waals surface area contributed by atoms with Crippen LogP contribution in [0.4, 0.5) is 11.5 Å². The highest BCUT2D eigenvalue weighted by Gasteiger charge is 2.25. The zero-order valence-corrected chi connectivity index (χ0v) is 19.0. The molecule has 4 heterocycles. The van der Waals surface area contributed by atoms with E-state index in [0.29, 0.717) is 40.1 Å². The molecule has 0 bridgehead atoms. The molecule has 1 aromatic carbocycles. The number of benzene rings is 1. The summed E-state index contributed by atoms with van der Waals surface area (Å²) in [7, 11) is 3.42. The molecule has 1 amide bonds. The second-order valence-electron chi connectivity index (χ2n) is 8.50. The van der Waals surface area contributed by atoms with Gasteiger partial charge in [-0.3, -0.25) is 14.5 Å². The van der Waals surface area contributed by atoms with Crippen molar-refractivity contribution in [3.05, 3.63) is 42.5 Å². The van der Waals surface area contributed by atoms with Crippen LogP contribution >= 0.6 is 0 Å². The Hall–Kier alpha value is -3.79. The monoisotopic (exact) mass is 446 g/mol. The number of aryl methyl sites for hydroxylation is 1. The summed E-state index contributed by atoms with van der Waals surface area (Å²) < 4.78 is 7.18. The summed E-state index contributed by atoms with van der Waals surface area (Å²) in [6, 6.07) is 4.26. The van der Waals surface area contributed by atoms with E-state index in [1.807, 2.05) is 19.3 Å².